The van der Waals surface area contributed by atoms with Crippen LogP contribution in [-0.4, -0.2) is 35.3 Å². The van der Waals surface area contributed by atoms with E-state index in [1.807, 2.05) is 56.3 Å². The summed E-state index contributed by atoms with van der Waals surface area (Å²) >= 11 is 0. The van der Waals surface area contributed by atoms with Crippen LogP contribution in [0.1, 0.15) is 21.6 Å². The van der Waals surface area contributed by atoms with Crippen molar-refractivity contribution in [2.45, 2.75) is 13.8 Å². The first-order valence-corrected chi connectivity index (χ1v) is 8.14. The minimum Gasteiger partial charge on any atom is -0.351 e. The molecule has 5 heteroatoms. The third-order valence-corrected chi connectivity index (χ3v) is 4.16. The van der Waals surface area contributed by atoms with E-state index in [1.54, 1.807) is 13.1 Å². The van der Waals surface area contributed by atoms with Crippen LogP contribution in [0.25, 0.3) is 10.9 Å². The van der Waals surface area contributed by atoms with Crippen LogP contribution >= 0.6 is 0 Å². The van der Waals surface area contributed by atoms with Gasteiger partial charge in [-0.25, -0.2) is 0 Å². The van der Waals surface area contributed by atoms with E-state index < -0.39 is 0 Å². The van der Waals surface area contributed by atoms with Crippen molar-refractivity contribution in [1.29, 1.82) is 0 Å². The van der Waals surface area contributed by atoms with Crippen LogP contribution in [-0.2, 0) is 4.79 Å². The Hall–Kier alpha value is -3.08. The Balaban J connectivity index is 1.68. The van der Waals surface area contributed by atoms with Gasteiger partial charge in [-0.15, -0.1) is 0 Å². The highest BCUT2D eigenvalue weighted by Gasteiger charge is 2.17. The fourth-order valence-corrected chi connectivity index (χ4v) is 2.74. The molecule has 2 aromatic carbocycles. The number of carbonyl (C=O) groups is 2. The summed E-state index contributed by atoms with van der Waals surface area (Å²) in [6.45, 7) is 3.90. The zero-order chi connectivity index (χ0) is 18.0. The number of aromatic nitrogens is 1. The summed E-state index contributed by atoms with van der Waals surface area (Å²) in [4.78, 5) is 29.3. The lowest BCUT2D eigenvalue weighted by atomic mass is 10.1. The van der Waals surface area contributed by atoms with Gasteiger partial charge >= 0.3 is 0 Å². The third-order valence-electron chi connectivity index (χ3n) is 4.16. The molecule has 25 heavy (non-hydrogen) atoms. The smallest absolute Gasteiger partial charge is 0.270 e. The van der Waals surface area contributed by atoms with Crippen LogP contribution in [0.4, 0.5) is 5.69 Å². The number of hydrogen-bond acceptors (Lipinski definition) is 2. The van der Waals surface area contributed by atoms with Crippen molar-refractivity contribution in [3.8, 4) is 0 Å². The number of likely N-dealkylation sites (N-methyl/N-ethyl adjacent to an activating group) is 1. The van der Waals surface area contributed by atoms with Crippen LogP contribution in [0.15, 0.2) is 48.5 Å². The molecule has 0 aliphatic heterocycles. The highest BCUT2D eigenvalue weighted by molar-refractivity contribution is 6.01. The number of nitrogens with zero attached hydrogens (tertiary/aromatic N) is 1. The van der Waals surface area contributed by atoms with Crippen LogP contribution in [0, 0.1) is 13.8 Å². The molecule has 0 fully saturated rings. The summed E-state index contributed by atoms with van der Waals surface area (Å²) in [5.41, 5.74) is 4.21. The maximum atomic E-state index is 12.5. The van der Waals surface area contributed by atoms with Crippen molar-refractivity contribution in [2.24, 2.45) is 0 Å². The van der Waals surface area contributed by atoms with E-state index >= 15 is 0 Å². The Morgan fingerprint density at radius 1 is 1.08 bits per heavy atom. The van der Waals surface area contributed by atoms with Gasteiger partial charge in [0.2, 0.25) is 5.91 Å². The number of benzene rings is 2. The number of carbonyl (C=O) groups excluding carboxylic acids is 2. The third kappa shape index (κ3) is 3.71. The molecule has 128 valence electrons. The maximum absolute atomic E-state index is 12.5. The van der Waals surface area contributed by atoms with E-state index in [2.05, 4.69) is 10.3 Å². The number of anilines is 1. The van der Waals surface area contributed by atoms with Crippen molar-refractivity contribution in [3.05, 3.63) is 65.4 Å². The normalized spacial score (nSPS) is 10.7. The summed E-state index contributed by atoms with van der Waals surface area (Å²) in [6.07, 6.45) is 0. The minimum absolute atomic E-state index is 0.0123. The average Bonchev–Trinajstić information content (AvgIpc) is 3.01. The Kier molecular flexibility index (Phi) is 4.57. The quantitative estimate of drug-likeness (QED) is 0.766. The molecule has 0 aliphatic carbocycles. The fraction of sp³-hybridized carbons (Fsp3) is 0.200. The van der Waals surface area contributed by atoms with Gasteiger partial charge in [0.1, 0.15) is 5.69 Å². The number of fused-ring (bicyclic) bond motifs is 1. The molecule has 0 radical (unpaired) electrons. The van der Waals surface area contributed by atoms with Gasteiger partial charge < -0.3 is 15.2 Å². The molecule has 2 amide bonds. The lowest BCUT2D eigenvalue weighted by Crippen LogP contribution is -2.35. The molecule has 2 N–H and O–H groups in total. The predicted molar refractivity (Wildman–Crippen MR) is 99.8 cm³/mol. The molecule has 0 bridgehead atoms. The van der Waals surface area contributed by atoms with Crippen molar-refractivity contribution in [3.63, 3.8) is 0 Å². The second kappa shape index (κ2) is 6.81. The van der Waals surface area contributed by atoms with E-state index in [4.69, 9.17) is 0 Å². The first kappa shape index (κ1) is 16.8. The van der Waals surface area contributed by atoms with Gasteiger partial charge in [-0.2, -0.15) is 0 Å². The number of aromatic amines is 1. The molecule has 1 heterocycles. The summed E-state index contributed by atoms with van der Waals surface area (Å²) in [6, 6.07) is 15.4. The van der Waals surface area contributed by atoms with E-state index in [0.29, 0.717) is 5.69 Å². The molecule has 0 spiro atoms. The maximum Gasteiger partial charge on any atom is 0.270 e. The molecule has 0 saturated heterocycles. The summed E-state index contributed by atoms with van der Waals surface area (Å²) < 4.78 is 0. The molecular weight excluding hydrogens is 314 g/mol. The van der Waals surface area contributed by atoms with Crippen LogP contribution < -0.4 is 5.32 Å². The largest absolute Gasteiger partial charge is 0.351 e. The number of hydrogen-bond donors (Lipinski definition) is 2. The second-order valence-electron chi connectivity index (χ2n) is 6.30. The van der Waals surface area contributed by atoms with Crippen LogP contribution in [0.3, 0.4) is 0 Å². The van der Waals surface area contributed by atoms with Gasteiger partial charge in [-0.3, -0.25) is 9.59 Å². The SMILES string of the molecule is Cc1ccc(C)c(NC(=O)CN(C)C(=O)c2cc3ccccc3[nH]2)c1. The lowest BCUT2D eigenvalue weighted by molar-refractivity contribution is -0.116. The van der Waals surface area contributed by atoms with Crippen molar-refractivity contribution >= 4 is 28.4 Å². The van der Waals surface area contributed by atoms with Gasteiger partial charge in [0.15, 0.2) is 0 Å². The molecule has 1 aromatic heterocycles. The topological polar surface area (TPSA) is 65.2 Å². The number of amides is 2. The first-order valence-electron chi connectivity index (χ1n) is 8.14. The molecule has 0 aliphatic rings. The van der Waals surface area contributed by atoms with E-state index in [0.717, 1.165) is 27.7 Å². The minimum atomic E-state index is -0.222. The summed E-state index contributed by atoms with van der Waals surface area (Å²) in [7, 11) is 1.62. The van der Waals surface area contributed by atoms with E-state index in [1.165, 1.54) is 4.90 Å². The van der Waals surface area contributed by atoms with Crippen LogP contribution in [0.5, 0.6) is 0 Å². The number of rotatable bonds is 4. The van der Waals surface area contributed by atoms with Crippen molar-refractivity contribution in [1.82, 2.24) is 9.88 Å². The van der Waals surface area contributed by atoms with Gasteiger partial charge in [-0.1, -0.05) is 30.3 Å². The number of aryl methyl sites for hydroxylation is 2. The Morgan fingerprint density at radius 3 is 2.60 bits per heavy atom. The first-order chi connectivity index (χ1) is 11.9. The van der Waals surface area contributed by atoms with Crippen molar-refractivity contribution < 1.29 is 9.59 Å². The molecule has 0 unspecified atom stereocenters. The highest BCUT2D eigenvalue weighted by Crippen LogP contribution is 2.17. The zero-order valence-corrected chi connectivity index (χ0v) is 14.6. The highest BCUT2D eigenvalue weighted by atomic mass is 16.2. The van der Waals surface area contributed by atoms with E-state index in [-0.39, 0.29) is 18.4 Å². The van der Waals surface area contributed by atoms with Gasteiger partial charge in [0.05, 0.1) is 6.54 Å². The van der Waals surface area contributed by atoms with E-state index in [9.17, 15) is 9.59 Å². The number of H-pyrrole nitrogens is 1. The van der Waals surface area contributed by atoms with Crippen LogP contribution in [0.2, 0.25) is 0 Å². The fourth-order valence-electron chi connectivity index (χ4n) is 2.74. The van der Waals surface area contributed by atoms with Crippen molar-refractivity contribution in [2.75, 3.05) is 18.9 Å². The molecule has 3 rings (SSSR count). The zero-order valence-electron chi connectivity index (χ0n) is 14.6. The molecule has 5 nitrogen and oxygen atoms in total. The Morgan fingerprint density at radius 2 is 1.84 bits per heavy atom. The molecule has 3 aromatic rings. The summed E-state index contributed by atoms with van der Waals surface area (Å²) in [5.74, 6) is -0.437. The number of nitrogens with one attached hydrogen (secondary N) is 2. The standard InChI is InChI=1S/C20H21N3O2/c1-13-8-9-14(2)17(10-13)22-19(24)12-23(3)20(25)18-11-15-6-4-5-7-16(15)21-18/h4-11,21H,12H2,1-3H3,(H,22,24). The van der Waals surface area contributed by atoms with Gasteiger partial charge in [0, 0.05) is 23.6 Å². The summed E-state index contributed by atoms with van der Waals surface area (Å²) in [5, 5.41) is 3.84. The molecule has 0 atom stereocenters. The average molecular weight is 335 g/mol. The van der Waals surface area contributed by atoms with Gasteiger partial charge in [-0.05, 0) is 43.2 Å². The predicted octanol–water partition coefficient (Wildman–Crippen LogP) is 3.50. The lowest BCUT2D eigenvalue weighted by Gasteiger charge is -2.17. The Bertz CT molecular complexity index is 910. The van der Waals surface area contributed by atoms with Gasteiger partial charge in [0.25, 0.3) is 5.91 Å². The number of para-hydroxylation sites is 1. The molecule has 0 saturated carbocycles. The molecular formula is C20H21N3O2. The monoisotopic (exact) mass is 335 g/mol. The Labute approximate surface area is 146 Å². The second-order valence-corrected chi connectivity index (χ2v) is 6.30.